The summed E-state index contributed by atoms with van der Waals surface area (Å²) < 4.78 is 7.45. The van der Waals surface area contributed by atoms with Crippen LogP contribution in [0, 0.1) is 0 Å². The van der Waals surface area contributed by atoms with Crippen LogP contribution in [0.3, 0.4) is 0 Å². The number of aromatic nitrogens is 2. The maximum Gasteiger partial charge on any atom is 0.238 e. The van der Waals surface area contributed by atoms with E-state index in [-0.39, 0.29) is 18.0 Å². The molecule has 4 rings (SSSR count). The highest BCUT2D eigenvalue weighted by Crippen LogP contribution is 2.22. The topological polar surface area (TPSA) is 84.1 Å². The van der Waals surface area contributed by atoms with Crippen molar-refractivity contribution in [1.29, 1.82) is 0 Å². The van der Waals surface area contributed by atoms with E-state index in [1.165, 1.54) is 0 Å². The Morgan fingerprint density at radius 3 is 3.00 bits per heavy atom. The molecule has 1 aliphatic rings. The number of nitrogens with one attached hydrogen (secondary N) is 3. The molecule has 2 aromatic heterocycles. The summed E-state index contributed by atoms with van der Waals surface area (Å²) in [5.41, 5.74) is 8.22. The van der Waals surface area contributed by atoms with Gasteiger partial charge in [-0.3, -0.25) is 4.79 Å². The maximum absolute atomic E-state index is 12.3. The van der Waals surface area contributed by atoms with E-state index in [1.807, 2.05) is 43.4 Å². The Labute approximate surface area is 145 Å². The molecular weight excluding hydrogens is 318 g/mol. The number of carbonyl (C=O) groups excluding carboxylic acids is 1. The van der Waals surface area contributed by atoms with Crippen LogP contribution in [0.25, 0.3) is 11.0 Å². The molecule has 3 heterocycles. The number of aryl methyl sites for hydroxylation is 1. The third kappa shape index (κ3) is 3.16. The van der Waals surface area contributed by atoms with Crippen molar-refractivity contribution in [3.05, 3.63) is 54.2 Å². The molecule has 3 aromatic rings. The minimum absolute atomic E-state index is 0.0136. The third-order valence-corrected chi connectivity index (χ3v) is 4.63. The summed E-state index contributed by atoms with van der Waals surface area (Å²) in [6.45, 7) is 0.555. The number of benzene rings is 1. The third-order valence-electron chi connectivity index (χ3n) is 4.63. The van der Waals surface area contributed by atoms with Gasteiger partial charge in [0.05, 0.1) is 23.3 Å². The SMILES string of the molecule is Cn1c(CCNC(=O)C2CC(c3ccco3)NN2)nc2ccccc21. The first-order valence-corrected chi connectivity index (χ1v) is 8.45. The van der Waals surface area contributed by atoms with Gasteiger partial charge in [-0.25, -0.2) is 15.8 Å². The summed E-state index contributed by atoms with van der Waals surface area (Å²) in [5, 5.41) is 2.99. The number of imidazole rings is 1. The molecule has 7 heteroatoms. The maximum atomic E-state index is 12.3. The van der Waals surface area contributed by atoms with Crippen LogP contribution >= 0.6 is 0 Å². The fourth-order valence-corrected chi connectivity index (χ4v) is 3.24. The average Bonchev–Trinajstić information content (AvgIpc) is 3.35. The van der Waals surface area contributed by atoms with E-state index in [2.05, 4.69) is 25.7 Å². The molecule has 1 aliphatic heterocycles. The Balaban J connectivity index is 1.31. The predicted molar refractivity (Wildman–Crippen MR) is 93.6 cm³/mol. The van der Waals surface area contributed by atoms with Gasteiger partial charge in [-0.05, 0) is 30.7 Å². The van der Waals surface area contributed by atoms with Gasteiger partial charge >= 0.3 is 0 Å². The summed E-state index contributed by atoms with van der Waals surface area (Å²) >= 11 is 0. The van der Waals surface area contributed by atoms with Gasteiger partial charge in [-0.15, -0.1) is 0 Å². The molecule has 0 aliphatic carbocycles. The lowest BCUT2D eigenvalue weighted by atomic mass is 10.1. The van der Waals surface area contributed by atoms with Crippen LogP contribution in [-0.4, -0.2) is 28.0 Å². The van der Waals surface area contributed by atoms with Crippen molar-refractivity contribution < 1.29 is 9.21 Å². The van der Waals surface area contributed by atoms with Gasteiger partial charge in [0.1, 0.15) is 17.6 Å². The van der Waals surface area contributed by atoms with E-state index in [0.717, 1.165) is 22.6 Å². The molecule has 3 N–H and O–H groups in total. The van der Waals surface area contributed by atoms with Gasteiger partial charge in [0.2, 0.25) is 5.91 Å². The van der Waals surface area contributed by atoms with E-state index in [9.17, 15) is 4.79 Å². The van der Waals surface area contributed by atoms with E-state index < -0.39 is 0 Å². The van der Waals surface area contributed by atoms with Gasteiger partial charge in [-0.1, -0.05) is 12.1 Å². The molecule has 1 saturated heterocycles. The number of fused-ring (bicyclic) bond motifs is 1. The molecule has 1 amide bonds. The van der Waals surface area contributed by atoms with E-state index >= 15 is 0 Å². The highest BCUT2D eigenvalue weighted by Gasteiger charge is 2.31. The van der Waals surface area contributed by atoms with Gasteiger partial charge in [0.15, 0.2) is 0 Å². The molecule has 1 fully saturated rings. The molecule has 130 valence electrons. The minimum Gasteiger partial charge on any atom is -0.468 e. The van der Waals surface area contributed by atoms with E-state index in [1.54, 1.807) is 6.26 Å². The zero-order chi connectivity index (χ0) is 17.2. The van der Waals surface area contributed by atoms with Crippen molar-refractivity contribution >= 4 is 16.9 Å². The van der Waals surface area contributed by atoms with Gasteiger partial charge in [0.25, 0.3) is 0 Å². The number of hydrogen-bond donors (Lipinski definition) is 3. The quantitative estimate of drug-likeness (QED) is 0.655. The van der Waals surface area contributed by atoms with Crippen molar-refractivity contribution in [3.63, 3.8) is 0 Å². The summed E-state index contributed by atoms with van der Waals surface area (Å²) in [6.07, 6.45) is 2.99. The summed E-state index contributed by atoms with van der Waals surface area (Å²) in [4.78, 5) is 17.0. The van der Waals surface area contributed by atoms with Crippen LogP contribution in [0.15, 0.2) is 47.1 Å². The van der Waals surface area contributed by atoms with Crippen LogP contribution in [0.1, 0.15) is 24.0 Å². The van der Waals surface area contributed by atoms with Crippen LogP contribution in [0.4, 0.5) is 0 Å². The number of furan rings is 1. The zero-order valence-electron chi connectivity index (χ0n) is 14.0. The molecule has 2 atom stereocenters. The molecule has 2 unspecified atom stereocenters. The second-order valence-electron chi connectivity index (χ2n) is 6.26. The number of amides is 1. The van der Waals surface area contributed by atoms with Crippen LogP contribution in [0.5, 0.6) is 0 Å². The lowest BCUT2D eigenvalue weighted by molar-refractivity contribution is -0.122. The Bertz CT molecular complexity index is 871. The van der Waals surface area contributed by atoms with Crippen molar-refractivity contribution in [1.82, 2.24) is 25.7 Å². The minimum atomic E-state index is -0.268. The first kappa shape index (κ1) is 15.9. The molecule has 25 heavy (non-hydrogen) atoms. The zero-order valence-corrected chi connectivity index (χ0v) is 14.0. The van der Waals surface area contributed by atoms with Crippen LogP contribution < -0.4 is 16.2 Å². The summed E-state index contributed by atoms with van der Waals surface area (Å²) in [7, 11) is 2.00. The lowest BCUT2D eigenvalue weighted by Crippen LogP contribution is -2.43. The number of hydrazine groups is 1. The average molecular weight is 339 g/mol. The monoisotopic (exact) mass is 339 g/mol. The fourth-order valence-electron chi connectivity index (χ4n) is 3.24. The largest absolute Gasteiger partial charge is 0.468 e. The number of carbonyl (C=O) groups is 1. The standard InChI is InChI=1S/C18H21N5O2/c1-23-15-6-3-2-5-12(15)20-17(23)8-9-19-18(24)14-11-13(21-22-14)16-7-4-10-25-16/h2-7,10,13-14,21-22H,8-9,11H2,1H3,(H,19,24). The fraction of sp³-hybridized carbons (Fsp3) is 0.333. The Morgan fingerprint density at radius 2 is 2.20 bits per heavy atom. The lowest BCUT2D eigenvalue weighted by Gasteiger charge is -2.10. The normalized spacial score (nSPS) is 20.2. The van der Waals surface area contributed by atoms with Gasteiger partial charge in [0, 0.05) is 20.0 Å². The molecule has 0 saturated carbocycles. The Kier molecular flexibility index (Phi) is 4.25. The van der Waals surface area contributed by atoms with E-state index in [4.69, 9.17) is 4.42 Å². The highest BCUT2D eigenvalue weighted by molar-refractivity contribution is 5.82. The van der Waals surface area contributed by atoms with Crippen LogP contribution in [0.2, 0.25) is 0 Å². The smallest absolute Gasteiger partial charge is 0.238 e. The number of nitrogens with zero attached hydrogens (tertiary/aromatic N) is 2. The summed E-state index contributed by atoms with van der Waals surface area (Å²) in [6, 6.07) is 11.5. The highest BCUT2D eigenvalue weighted by atomic mass is 16.3. The molecule has 0 bridgehead atoms. The van der Waals surface area contributed by atoms with Gasteiger partial charge in [-0.2, -0.15) is 0 Å². The molecular formula is C18H21N5O2. The molecule has 1 aromatic carbocycles. The van der Waals surface area contributed by atoms with Gasteiger partial charge < -0.3 is 14.3 Å². The van der Waals surface area contributed by atoms with Crippen molar-refractivity contribution in [2.45, 2.75) is 24.9 Å². The number of hydrogen-bond acceptors (Lipinski definition) is 5. The van der Waals surface area contributed by atoms with Crippen molar-refractivity contribution in [2.24, 2.45) is 7.05 Å². The summed E-state index contributed by atoms with van der Waals surface area (Å²) in [5.74, 6) is 1.79. The first-order valence-electron chi connectivity index (χ1n) is 8.45. The van der Waals surface area contributed by atoms with Crippen LogP contribution in [-0.2, 0) is 18.3 Å². The van der Waals surface area contributed by atoms with E-state index in [0.29, 0.717) is 19.4 Å². The Hall–Kier alpha value is -2.64. The molecule has 0 spiro atoms. The molecule has 7 nitrogen and oxygen atoms in total. The second kappa shape index (κ2) is 6.70. The second-order valence-corrected chi connectivity index (χ2v) is 6.26. The predicted octanol–water partition coefficient (Wildman–Crippen LogP) is 1.43. The van der Waals surface area contributed by atoms with Crippen molar-refractivity contribution in [3.8, 4) is 0 Å². The number of rotatable bonds is 5. The first-order chi connectivity index (χ1) is 12.2. The van der Waals surface area contributed by atoms with Crippen molar-refractivity contribution in [2.75, 3.05) is 6.54 Å². The molecule has 0 radical (unpaired) electrons. The number of para-hydroxylation sites is 2. The Morgan fingerprint density at radius 1 is 1.32 bits per heavy atom.